The lowest BCUT2D eigenvalue weighted by atomic mass is 10.1. The van der Waals surface area contributed by atoms with Crippen molar-refractivity contribution >= 4 is 0 Å². The normalized spacial score (nSPS) is 10.4. The lowest BCUT2D eigenvalue weighted by Crippen LogP contribution is -2.01. The zero-order valence-electron chi connectivity index (χ0n) is 11.7. The molecule has 3 rings (SSSR count). The monoisotopic (exact) mass is 282 g/mol. The van der Waals surface area contributed by atoms with Crippen molar-refractivity contribution in [3.8, 4) is 28.6 Å². The van der Waals surface area contributed by atoms with Crippen LogP contribution in [0, 0.1) is 0 Å². The summed E-state index contributed by atoms with van der Waals surface area (Å²) in [4.78, 5) is 0. The zero-order valence-corrected chi connectivity index (χ0v) is 11.7. The molecule has 6 nitrogen and oxygen atoms in total. The Balaban J connectivity index is 2.16. The molecule has 0 saturated carbocycles. The zero-order chi connectivity index (χ0) is 14.7. The van der Waals surface area contributed by atoms with Gasteiger partial charge in [0.2, 0.25) is 0 Å². The molecular weight excluding hydrogens is 268 g/mol. The standard InChI is InChI=1S/C15H14N4O2/c1-20-12-8-9-14(21-2)13(10-12)15-16-17-18-19(15)11-6-4-3-5-7-11/h3-10H,1-2H3. The second kappa shape index (κ2) is 5.62. The van der Waals surface area contributed by atoms with Crippen LogP contribution in [0.3, 0.4) is 0 Å². The SMILES string of the molecule is COc1ccc(OC)c(-c2nnnn2-c2ccccc2)c1. The summed E-state index contributed by atoms with van der Waals surface area (Å²) in [6, 6.07) is 15.2. The molecule has 0 spiro atoms. The van der Waals surface area contributed by atoms with E-state index >= 15 is 0 Å². The van der Waals surface area contributed by atoms with Gasteiger partial charge in [0.15, 0.2) is 5.82 Å². The molecule has 0 aliphatic heterocycles. The van der Waals surface area contributed by atoms with Crippen molar-refractivity contribution < 1.29 is 9.47 Å². The van der Waals surface area contributed by atoms with E-state index in [9.17, 15) is 0 Å². The van der Waals surface area contributed by atoms with Crippen molar-refractivity contribution in [1.82, 2.24) is 20.2 Å². The molecule has 0 unspecified atom stereocenters. The number of hydrogen-bond donors (Lipinski definition) is 0. The Bertz CT molecular complexity index is 740. The number of benzene rings is 2. The van der Waals surface area contributed by atoms with Crippen LogP contribution in [0.15, 0.2) is 48.5 Å². The van der Waals surface area contributed by atoms with E-state index in [-0.39, 0.29) is 0 Å². The van der Waals surface area contributed by atoms with E-state index in [1.165, 1.54) is 0 Å². The predicted molar refractivity (Wildman–Crippen MR) is 77.7 cm³/mol. The fourth-order valence-electron chi connectivity index (χ4n) is 2.09. The molecule has 21 heavy (non-hydrogen) atoms. The smallest absolute Gasteiger partial charge is 0.190 e. The minimum absolute atomic E-state index is 0.594. The maximum absolute atomic E-state index is 5.40. The van der Waals surface area contributed by atoms with E-state index in [0.29, 0.717) is 17.3 Å². The van der Waals surface area contributed by atoms with E-state index in [1.54, 1.807) is 18.9 Å². The van der Waals surface area contributed by atoms with Crippen LogP contribution in [0.2, 0.25) is 0 Å². The van der Waals surface area contributed by atoms with Crippen LogP contribution < -0.4 is 9.47 Å². The van der Waals surface area contributed by atoms with Gasteiger partial charge in [-0.15, -0.1) is 5.10 Å². The third kappa shape index (κ3) is 2.43. The number of nitrogens with zero attached hydrogens (tertiary/aromatic N) is 4. The van der Waals surface area contributed by atoms with Gasteiger partial charge in [0, 0.05) is 0 Å². The van der Waals surface area contributed by atoms with Gasteiger partial charge in [0.25, 0.3) is 0 Å². The Morgan fingerprint density at radius 1 is 0.952 bits per heavy atom. The fourth-order valence-corrected chi connectivity index (χ4v) is 2.09. The van der Waals surface area contributed by atoms with Gasteiger partial charge >= 0.3 is 0 Å². The second-order valence-electron chi connectivity index (χ2n) is 4.32. The molecule has 0 radical (unpaired) electrons. The van der Waals surface area contributed by atoms with E-state index < -0.39 is 0 Å². The number of rotatable bonds is 4. The molecular formula is C15H14N4O2. The number of ether oxygens (including phenoxy) is 2. The summed E-state index contributed by atoms with van der Waals surface area (Å²) in [5.41, 5.74) is 1.65. The van der Waals surface area contributed by atoms with Gasteiger partial charge in [0.05, 0.1) is 25.5 Å². The van der Waals surface area contributed by atoms with Gasteiger partial charge in [-0.3, -0.25) is 0 Å². The molecule has 3 aromatic rings. The Kier molecular flexibility index (Phi) is 3.51. The summed E-state index contributed by atoms with van der Waals surface area (Å²) in [5, 5.41) is 11.9. The maximum Gasteiger partial charge on any atom is 0.190 e. The third-order valence-electron chi connectivity index (χ3n) is 3.12. The average Bonchev–Trinajstić information content (AvgIpc) is 3.04. The number of methoxy groups -OCH3 is 2. The summed E-state index contributed by atoms with van der Waals surface area (Å²) < 4.78 is 12.3. The van der Waals surface area contributed by atoms with Gasteiger partial charge < -0.3 is 9.47 Å². The molecule has 0 N–H and O–H groups in total. The molecule has 0 fully saturated rings. The van der Waals surface area contributed by atoms with Crippen LogP contribution in [0.4, 0.5) is 0 Å². The molecule has 0 saturated heterocycles. The molecule has 106 valence electrons. The van der Waals surface area contributed by atoms with Crippen molar-refractivity contribution in [2.45, 2.75) is 0 Å². The lowest BCUT2D eigenvalue weighted by Gasteiger charge is -2.10. The van der Waals surface area contributed by atoms with Gasteiger partial charge in [0.1, 0.15) is 11.5 Å². The summed E-state index contributed by atoms with van der Waals surface area (Å²) in [5.74, 6) is 1.99. The van der Waals surface area contributed by atoms with E-state index in [1.807, 2.05) is 48.5 Å². The quantitative estimate of drug-likeness (QED) is 0.735. The highest BCUT2D eigenvalue weighted by Gasteiger charge is 2.16. The Morgan fingerprint density at radius 2 is 1.76 bits per heavy atom. The summed E-state index contributed by atoms with van der Waals surface area (Å²) in [7, 11) is 3.23. The number of tetrazole rings is 1. The number of hydrogen-bond acceptors (Lipinski definition) is 5. The first-order valence-corrected chi connectivity index (χ1v) is 6.39. The highest BCUT2D eigenvalue weighted by atomic mass is 16.5. The van der Waals surface area contributed by atoms with Crippen LogP contribution in [0.25, 0.3) is 17.1 Å². The molecule has 2 aromatic carbocycles. The van der Waals surface area contributed by atoms with Gasteiger partial charge in [-0.25, -0.2) is 0 Å². The summed E-state index contributed by atoms with van der Waals surface area (Å²) in [6.07, 6.45) is 0. The molecule has 0 atom stereocenters. The molecule has 0 amide bonds. The fraction of sp³-hybridized carbons (Fsp3) is 0.133. The van der Waals surface area contributed by atoms with Crippen LogP contribution in [-0.4, -0.2) is 34.4 Å². The third-order valence-corrected chi connectivity index (χ3v) is 3.12. The molecule has 1 heterocycles. The van der Waals surface area contributed by atoms with E-state index in [2.05, 4.69) is 15.5 Å². The second-order valence-corrected chi connectivity index (χ2v) is 4.32. The minimum Gasteiger partial charge on any atom is -0.497 e. The van der Waals surface area contributed by atoms with Crippen LogP contribution in [0.1, 0.15) is 0 Å². The van der Waals surface area contributed by atoms with Crippen LogP contribution in [-0.2, 0) is 0 Å². The lowest BCUT2D eigenvalue weighted by molar-refractivity contribution is 0.404. The van der Waals surface area contributed by atoms with E-state index in [4.69, 9.17) is 9.47 Å². The predicted octanol–water partition coefficient (Wildman–Crippen LogP) is 2.35. The van der Waals surface area contributed by atoms with E-state index in [0.717, 1.165) is 11.3 Å². The first-order chi connectivity index (χ1) is 10.3. The first kappa shape index (κ1) is 13.1. The number of aromatic nitrogens is 4. The van der Waals surface area contributed by atoms with Crippen LogP contribution in [0.5, 0.6) is 11.5 Å². The molecule has 0 bridgehead atoms. The first-order valence-electron chi connectivity index (χ1n) is 6.39. The topological polar surface area (TPSA) is 62.1 Å². The van der Waals surface area contributed by atoms with Crippen molar-refractivity contribution in [1.29, 1.82) is 0 Å². The van der Waals surface area contributed by atoms with Gasteiger partial charge in [-0.05, 0) is 40.8 Å². The molecule has 6 heteroatoms. The van der Waals surface area contributed by atoms with Gasteiger partial charge in [-0.1, -0.05) is 18.2 Å². The molecule has 1 aromatic heterocycles. The average molecular weight is 282 g/mol. The van der Waals surface area contributed by atoms with Crippen LogP contribution >= 0.6 is 0 Å². The minimum atomic E-state index is 0.594. The van der Waals surface area contributed by atoms with Crippen molar-refractivity contribution in [3.05, 3.63) is 48.5 Å². The molecule has 0 aliphatic rings. The largest absolute Gasteiger partial charge is 0.497 e. The van der Waals surface area contributed by atoms with Gasteiger partial charge in [-0.2, -0.15) is 4.68 Å². The highest BCUT2D eigenvalue weighted by molar-refractivity contribution is 5.67. The molecule has 0 aliphatic carbocycles. The van der Waals surface area contributed by atoms with Crippen molar-refractivity contribution in [2.75, 3.05) is 14.2 Å². The Hall–Kier alpha value is -2.89. The summed E-state index contributed by atoms with van der Waals surface area (Å²) >= 11 is 0. The number of para-hydroxylation sites is 1. The maximum atomic E-state index is 5.40. The Labute approximate surface area is 121 Å². The Morgan fingerprint density at radius 3 is 2.48 bits per heavy atom. The van der Waals surface area contributed by atoms with Crippen molar-refractivity contribution in [2.24, 2.45) is 0 Å². The summed E-state index contributed by atoms with van der Waals surface area (Å²) in [6.45, 7) is 0. The highest BCUT2D eigenvalue weighted by Crippen LogP contribution is 2.32. The van der Waals surface area contributed by atoms with Crippen molar-refractivity contribution in [3.63, 3.8) is 0 Å².